The predicted octanol–water partition coefficient (Wildman–Crippen LogP) is 0.119. The monoisotopic (exact) mass is 276 g/mol. The number of rotatable bonds is 4. The van der Waals surface area contributed by atoms with Crippen molar-refractivity contribution in [3.63, 3.8) is 0 Å². The van der Waals surface area contributed by atoms with Gasteiger partial charge in [0.1, 0.15) is 19.2 Å². The molecule has 5 nitrogen and oxygen atoms in total. The van der Waals surface area contributed by atoms with Gasteiger partial charge in [-0.3, -0.25) is 9.13 Å². The number of ether oxygens (including phenoxy) is 1. The summed E-state index contributed by atoms with van der Waals surface area (Å²) in [6.07, 6.45) is 2.79. The minimum atomic E-state index is 0.0282. The molecule has 0 amide bonds. The van der Waals surface area contributed by atoms with E-state index in [0.29, 0.717) is 6.10 Å². The Balaban J connectivity index is 1.72. The van der Waals surface area contributed by atoms with E-state index in [1.54, 1.807) is 9.13 Å². The third-order valence-electron chi connectivity index (χ3n) is 4.17. The smallest absolute Gasteiger partial charge is 0.328 e. The van der Waals surface area contributed by atoms with Crippen molar-refractivity contribution in [3.8, 4) is 0 Å². The number of hydrogen-bond donors (Lipinski definition) is 1. The molecule has 3 rings (SSSR count). The van der Waals surface area contributed by atoms with Crippen molar-refractivity contribution >= 4 is 11.0 Å². The van der Waals surface area contributed by atoms with Crippen LogP contribution < -0.4 is 11.0 Å². The number of fused-ring (bicyclic) bond motifs is 1. The largest absolute Gasteiger partial charge is 0.372 e. The molecule has 20 heavy (non-hydrogen) atoms. The number of imidazole rings is 1. The molecule has 0 saturated carbocycles. The van der Waals surface area contributed by atoms with Crippen molar-refractivity contribution < 1.29 is 10.1 Å². The lowest BCUT2D eigenvalue weighted by molar-refractivity contribution is -0.676. The van der Waals surface area contributed by atoms with Crippen LogP contribution in [0.15, 0.2) is 23.0 Å². The first kappa shape index (κ1) is 13.4. The fraction of sp³-hybridized carbons (Fsp3) is 0.533. The zero-order chi connectivity index (χ0) is 14.1. The van der Waals surface area contributed by atoms with Gasteiger partial charge < -0.3 is 10.1 Å². The fourth-order valence-electron chi connectivity index (χ4n) is 2.95. The molecule has 5 heteroatoms. The molecule has 2 N–H and O–H groups in total. The van der Waals surface area contributed by atoms with Crippen LogP contribution in [0.5, 0.6) is 0 Å². The van der Waals surface area contributed by atoms with E-state index in [1.165, 1.54) is 18.4 Å². The molecular weight excluding hydrogens is 254 g/mol. The van der Waals surface area contributed by atoms with Crippen molar-refractivity contribution in [2.75, 3.05) is 13.2 Å². The lowest BCUT2D eigenvalue weighted by Gasteiger charge is -2.08. The highest BCUT2D eigenvalue weighted by Gasteiger charge is 2.16. The zero-order valence-corrected chi connectivity index (χ0v) is 12.1. The van der Waals surface area contributed by atoms with Crippen LogP contribution in [0.4, 0.5) is 0 Å². The summed E-state index contributed by atoms with van der Waals surface area (Å²) in [5, 5.41) is 2.29. The zero-order valence-electron chi connectivity index (χ0n) is 12.1. The van der Waals surface area contributed by atoms with Crippen LogP contribution in [0.2, 0.25) is 0 Å². The average Bonchev–Trinajstić information content (AvgIpc) is 3.04. The van der Waals surface area contributed by atoms with Gasteiger partial charge in [-0.15, -0.1) is 0 Å². The number of nitrogens with zero attached hydrogens (tertiary/aromatic N) is 2. The first-order valence-electron chi connectivity index (χ1n) is 7.24. The average molecular weight is 276 g/mol. The molecule has 0 bridgehead atoms. The molecule has 2 heterocycles. The Hall–Kier alpha value is -1.59. The minimum Gasteiger partial charge on any atom is -0.372 e. The van der Waals surface area contributed by atoms with Gasteiger partial charge in [-0.25, -0.2) is 4.79 Å². The van der Waals surface area contributed by atoms with Gasteiger partial charge in [0.15, 0.2) is 0 Å². The maximum absolute atomic E-state index is 11.9. The molecule has 1 aromatic carbocycles. The number of quaternary nitrogens is 1. The van der Waals surface area contributed by atoms with Crippen LogP contribution in [0.1, 0.15) is 18.4 Å². The second-order valence-corrected chi connectivity index (χ2v) is 5.59. The first-order valence-corrected chi connectivity index (χ1v) is 7.24. The van der Waals surface area contributed by atoms with E-state index in [-0.39, 0.29) is 5.69 Å². The number of aryl methyl sites for hydroxylation is 2. The molecule has 1 aliphatic heterocycles. The lowest BCUT2D eigenvalue weighted by atomic mass is 10.2. The number of aromatic nitrogens is 2. The molecule has 1 aliphatic rings. The molecule has 0 aliphatic carbocycles. The summed E-state index contributed by atoms with van der Waals surface area (Å²) in [6.45, 7) is 2.86. The maximum Gasteiger partial charge on any atom is 0.328 e. The molecule has 108 valence electrons. The summed E-state index contributed by atoms with van der Waals surface area (Å²) in [7, 11) is 3.64. The molecule has 0 radical (unpaired) electrons. The molecule has 0 spiro atoms. The summed E-state index contributed by atoms with van der Waals surface area (Å²) in [5.74, 6) is 0. The van der Waals surface area contributed by atoms with E-state index in [0.717, 1.165) is 30.7 Å². The van der Waals surface area contributed by atoms with E-state index in [9.17, 15) is 4.79 Å². The van der Waals surface area contributed by atoms with Gasteiger partial charge in [-0.05, 0) is 25.0 Å². The first-order chi connectivity index (χ1) is 9.66. The molecule has 2 aromatic rings. The van der Waals surface area contributed by atoms with E-state index < -0.39 is 0 Å². The van der Waals surface area contributed by atoms with E-state index >= 15 is 0 Å². The summed E-state index contributed by atoms with van der Waals surface area (Å²) in [5.41, 5.74) is 3.26. The summed E-state index contributed by atoms with van der Waals surface area (Å²) in [4.78, 5) is 11.9. The third-order valence-corrected chi connectivity index (χ3v) is 4.17. The summed E-state index contributed by atoms with van der Waals surface area (Å²) < 4.78 is 9.02. The molecular formula is C15H22N3O2+. The summed E-state index contributed by atoms with van der Waals surface area (Å²) in [6, 6.07) is 6.25. The van der Waals surface area contributed by atoms with Crippen molar-refractivity contribution in [3.05, 3.63) is 34.2 Å². The summed E-state index contributed by atoms with van der Waals surface area (Å²) >= 11 is 0. The Morgan fingerprint density at radius 1 is 1.30 bits per heavy atom. The molecule has 0 unspecified atom stereocenters. The van der Waals surface area contributed by atoms with Gasteiger partial charge in [0.25, 0.3) is 0 Å². The molecule has 1 aromatic heterocycles. The number of benzene rings is 1. The van der Waals surface area contributed by atoms with Gasteiger partial charge in [-0.1, -0.05) is 6.07 Å². The normalized spacial score (nSPS) is 19.0. The molecule has 1 atom stereocenters. The van der Waals surface area contributed by atoms with Gasteiger partial charge in [-0.2, -0.15) is 0 Å². The van der Waals surface area contributed by atoms with Crippen molar-refractivity contribution in [1.29, 1.82) is 0 Å². The highest BCUT2D eigenvalue weighted by atomic mass is 16.5. The fourth-order valence-corrected chi connectivity index (χ4v) is 2.95. The van der Waals surface area contributed by atoms with Gasteiger partial charge in [0, 0.05) is 26.3 Å². The Morgan fingerprint density at radius 3 is 2.85 bits per heavy atom. The standard InChI is InChI=1S/C15H21N3O2/c1-17-13-6-5-11(8-14(13)18(2)15(17)19)9-16-10-12-4-3-7-20-12/h5-6,8,12,16H,3-4,7,9-10H2,1-2H3/p+1/t12-/m0/s1. The third kappa shape index (κ3) is 2.39. The van der Waals surface area contributed by atoms with Crippen molar-refractivity contribution in [1.82, 2.24) is 9.13 Å². The van der Waals surface area contributed by atoms with E-state index in [1.807, 2.05) is 20.2 Å². The van der Waals surface area contributed by atoms with Crippen LogP contribution in [-0.2, 0) is 25.4 Å². The Morgan fingerprint density at radius 2 is 2.10 bits per heavy atom. The molecule has 1 fully saturated rings. The second kappa shape index (κ2) is 5.42. The van der Waals surface area contributed by atoms with Crippen LogP contribution in [0.25, 0.3) is 11.0 Å². The number of hydrogen-bond acceptors (Lipinski definition) is 2. The Bertz CT molecular complexity index is 666. The van der Waals surface area contributed by atoms with Crippen LogP contribution >= 0.6 is 0 Å². The maximum atomic E-state index is 11.9. The van der Waals surface area contributed by atoms with Gasteiger partial charge in [0.2, 0.25) is 0 Å². The van der Waals surface area contributed by atoms with E-state index in [4.69, 9.17) is 4.74 Å². The minimum absolute atomic E-state index is 0.0282. The highest BCUT2D eigenvalue weighted by Crippen LogP contribution is 2.13. The van der Waals surface area contributed by atoms with Crippen LogP contribution in [0.3, 0.4) is 0 Å². The van der Waals surface area contributed by atoms with Gasteiger partial charge in [0.05, 0.1) is 11.0 Å². The predicted molar refractivity (Wildman–Crippen MR) is 77.6 cm³/mol. The van der Waals surface area contributed by atoms with Crippen LogP contribution in [-0.4, -0.2) is 28.4 Å². The van der Waals surface area contributed by atoms with Crippen LogP contribution in [0, 0.1) is 0 Å². The topological polar surface area (TPSA) is 52.8 Å². The van der Waals surface area contributed by atoms with Crippen molar-refractivity contribution in [2.24, 2.45) is 14.1 Å². The van der Waals surface area contributed by atoms with E-state index in [2.05, 4.69) is 17.4 Å². The van der Waals surface area contributed by atoms with Crippen molar-refractivity contribution in [2.45, 2.75) is 25.5 Å². The van der Waals surface area contributed by atoms with Gasteiger partial charge >= 0.3 is 5.69 Å². The Labute approximate surface area is 118 Å². The highest BCUT2D eigenvalue weighted by molar-refractivity contribution is 5.76. The lowest BCUT2D eigenvalue weighted by Crippen LogP contribution is -2.84. The SMILES string of the molecule is Cn1c(=O)n(C)c2cc(C[NH2+]C[C@@H]3CCCO3)ccc21. The second-order valence-electron chi connectivity index (χ2n) is 5.59. The Kier molecular flexibility index (Phi) is 3.63. The number of nitrogens with two attached hydrogens (primary N) is 1. The quantitative estimate of drug-likeness (QED) is 0.862. The molecule has 1 saturated heterocycles.